The zero-order valence-electron chi connectivity index (χ0n) is 12.9. The SMILES string of the molecule is O=C(O)Cc1sc(/C=C/c2ccc(Br)cc2)nc1-c1ccc(Br)cc1. The minimum Gasteiger partial charge on any atom is -0.481 e. The van der Waals surface area contributed by atoms with Crippen LogP contribution in [0.25, 0.3) is 23.4 Å². The van der Waals surface area contributed by atoms with Gasteiger partial charge in [0.15, 0.2) is 0 Å². The van der Waals surface area contributed by atoms with E-state index in [1.165, 1.54) is 11.3 Å². The van der Waals surface area contributed by atoms with Gasteiger partial charge in [-0.15, -0.1) is 11.3 Å². The molecule has 0 bridgehead atoms. The number of aliphatic carboxylic acids is 1. The maximum absolute atomic E-state index is 11.2. The maximum atomic E-state index is 11.2. The Morgan fingerprint density at radius 1 is 1.00 bits per heavy atom. The van der Waals surface area contributed by atoms with Crippen LogP contribution >= 0.6 is 43.2 Å². The van der Waals surface area contributed by atoms with Gasteiger partial charge >= 0.3 is 5.97 Å². The molecular weight excluding hydrogens is 466 g/mol. The lowest BCUT2D eigenvalue weighted by Gasteiger charge is -2.00. The summed E-state index contributed by atoms with van der Waals surface area (Å²) in [7, 11) is 0. The molecule has 6 heteroatoms. The molecule has 0 saturated heterocycles. The third-order valence-electron chi connectivity index (χ3n) is 3.43. The van der Waals surface area contributed by atoms with Crippen molar-refractivity contribution in [2.24, 2.45) is 0 Å². The van der Waals surface area contributed by atoms with Crippen molar-refractivity contribution in [3.05, 3.63) is 72.9 Å². The molecule has 0 aliphatic rings. The first kappa shape index (κ1) is 18.0. The number of nitrogens with zero attached hydrogens (tertiary/aromatic N) is 1. The van der Waals surface area contributed by atoms with Gasteiger partial charge in [-0.3, -0.25) is 4.79 Å². The van der Waals surface area contributed by atoms with Crippen molar-refractivity contribution in [1.82, 2.24) is 4.98 Å². The smallest absolute Gasteiger partial charge is 0.308 e. The van der Waals surface area contributed by atoms with Gasteiger partial charge in [-0.1, -0.05) is 62.2 Å². The highest BCUT2D eigenvalue weighted by atomic mass is 79.9. The van der Waals surface area contributed by atoms with Crippen LogP contribution in [0.3, 0.4) is 0 Å². The van der Waals surface area contributed by atoms with Crippen LogP contribution in [0.4, 0.5) is 0 Å². The van der Waals surface area contributed by atoms with Crippen molar-refractivity contribution in [2.75, 3.05) is 0 Å². The van der Waals surface area contributed by atoms with Crippen molar-refractivity contribution < 1.29 is 9.90 Å². The Kier molecular flexibility index (Phi) is 5.83. The van der Waals surface area contributed by atoms with Crippen LogP contribution in [0.2, 0.25) is 0 Å². The van der Waals surface area contributed by atoms with Gasteiger partial charge in [-0.25, -0.2) is 4.98 Å². The van der Waals surface area contributed by atoms with E-state index in [2.05, 4.69) is 36.8 Å². The Morgan fingerprint density at radius 2 is 1.60 bits per heavy atom. The Bertz CT molecular complexity index is 916. The van der Waals surface area contributed by atoms with Gasteiger partial charge in [-0.2, -0.15) is 0 Å². The van der Waals surface area contributed by atoms with Crippen molar-refractivity contribution >= 4 is 61.3 Å². The van der Waals surface area contributed by atoms with Crippen molar-refractivity contribution in [3.63, 3.8) is 0 Å². The molecule has 0 radical (unpaired) electrons. The number of carboxylic acids is 1. The molecule has 0 saturated carbocycles. The molecule has 1 heterocycles. The minimum absolute atomic E-state index is 0.0326. The second kappa shape index (κ2) is 8.08. The van der Waals surface area contributed by atoms with E-state index >= 15 is 0 Å². The molecule has 0 atom stereocenters. The fraction of sp³-hybridized carbons (Fsp3) is 0.0526. The van der Waals surface area contributed by atoms with E-state index < -0.39 is 5.97 Å². The van der Waals surface area contributed by atoms with E-state index in [1.54, 1.807) is 0 Å². The van der Waals surface area contributed by atoms with E-state index in [1.807, 2.05) is 60.7 Å². The molecule has 126 valence electrons. The van der Waals surface area contributed by atoms with Gasteiger partial charge in [0.25, 0.3) is 0 Å². The number of halogens is 2. The number of aromatic nitrogens is 1. The number of hydrogen-bond donors (Lipinski definition) is 1. The average Bonchev–Trinajstić information content (AvgIpc) is 2.97. The van der Waals surface area contributed by atoms with Gasteiger partial charge in [0.05, 0.1) is 12.1 Å². The van der Waals surface area contributed by atoms with Gasteiger partial charge in [0, 0.05) is 19.4 Å². The number of benzene rings is 2. The molecule has 0 amide bonds. The minimum atomic E-state index is -0.856. The topological polar surface area (TPSA) is 50.2 Å². The number of rotatable bonds is 5. The first-order chi connectivity index (χ1) is 12.0. The highest BCUT2D eigenvalue weighted by Gasteiger charge is 2.14. The summed E-state index contributed by atoms with van der Waals surface area (Å²) in [4.78, 5) is 16.6. The molecule has 1 aromatic heterocycles. The molecule has 0 aliphatic heterocycles. The van der Waals surface area contributed by atoms with Gasteiger partial charge in [0.1, 0.15) is 5.01 Å². The average molecular weight is 479 g/mol. The van der Waals surface area contributed by atoms with E-state index in [4.69, 9.17) is 0 Å². The van der Waals surface area contributed by atoms with Crippen LogP contribution in [0, 0.1) is 0 Å². The van der Waals surface area contributed by atoms with Gasteiger partial charge < -0.3 is 5.11 Å². The maximum Gasteiger partial charge on any atom is 0.308 e. The van der Waals surface area contributed by atoms with E-state index in [0.717, 1.165) is 35.7 Å². The first-order valence-electron chi connectivity index (χ1n) is 7.42. The summed E-state index contributed by atoms with van der Waals surface area (Å²) in [6, 6.07) is 15.7. The van der Waals surface area contributed by atoms with E-state index in [0.29, 0.717) is 0 Å². The molecule has 3 nitrogen and oxygen atoms in total. The Balaban J connectivity index is 1.93. The molecule has 0 unspecified atom stereocenters. The summed E-state index contributed by atoms with van der Waals surface area (Å²) in [6.07, 6.45) is 3.86. The van der Waals surface area contributed by atoms with Gasteiger partial charge in [-0.05, 0) is 35.9 Å². The molecule has 3 rings (SSSR count). The third kappa shape index (κ3) is 4.87. The van der Waals surface area contributed by atoms with Crippen LogP contribution in [-0.2, 0) is 11.2 Å². The zero-order valence-corrected chi connectivity index (χ0v) is 16.9. The summed E-state index contributed by atoms with van der Waals surface area (Å²) in [5, 5.41) is 9.96. The lowest BCUT2D eigenvalue weighted by Crippen LogP contribution is -1.99. The monoisotopic (exact) mass is 477 g/mol. The molecule has 0 aliphatic carbocycles. The predicted octanol–water partition coefficient (Wildman–Crippen LogP) is 6.13. The molecule has 0 spiro atoms. The number of carboxylic acid groups (broad SMARTS) is 1. The second-order valence-corrected chi connectivity index (χ2v) is 8.23. The quantitative estimate of drug-likeness (QED) is 0.479. The second-order valence-electron chi connectivity index (χ2n) is 5.29. The molecular formula is C19H13Br2NO2S. The highest BCUT2D eigenvalue weighted by molar-refractivity contribution is 9.10. The molecule has 3 aromatic rings. The first-order valence-corrected chi connectivity index (χ1v) is 9.82. The van der Waals surface area contributed by atoms with Crippen LogP contribution in [0.15, 0.2) is 57.5 Å². The number of thiazole rings is 1. The van der Waals surface area contributed by atoms with Crippen molar-refractivity contribution in [2.45, 2.75) is 6.42 Å². The molecule has 2 aromatic carbocycles. The Labute approximate surface area is 166 Å². The lowest BCUT2D eigenvalue weighted by atomic mass is 10.1. The number of hydrogen-bond acceptors (Lipinski definition) is 3. The summed E-state index contributed by atoms with van der Waals surface area (Å²) in [6.45, 7) is 0. The summed E-state index contributed by atoms with van der Waals surface area (Å²) >= 11 is 8.24. The standard InChI is InChI=1S/C19H13Br2NO2S/c20-14-6-1-12(2-7-14)3-10-17-22-19(16(25-17)11-18(23)24)13-4-8-15(21)9-5-13/h1-10H,11H2,(H,23,24)/b10-3+. The van der Waals surface area contributed by atoms with Crippen molar-refractivity contribution in [3.8, 4) is 11.3 Å². The Hall–Kier alpha value is -1.76. The number of carbonyl (C=O) groups is 1. The van der Waals surface area contributed by atoms with Crippen LogP contribution in [-0.4, -0.2) is 16.1 Å². The highest BCUT2D eigenvalue weighted by Crippen LogP contribution is 2.30. The predicted molar refractivity (Wildman–Crippen MR) is 110 cm³/mol. The summed E-state index contributed by atoms with van der Waals surface area (Å²) in [5.41, 5.74) is 2.71. The molecule has 0 fully saturated rings. The molecule has 1 N–H and O–H groups in total. The van der Waals surface area contributed by atoms with E-state index in [9.17, 15) is 9.90 Å². The fourth-order valence-electron chi connectivity index (χ4n) is 2.27. The van der Waals surface area contributed by atoms with Crippen LogP contribution in [0.1, 0.15) is 15.4 Å². The lowest BCUT2D eigenvalue weighted by molar-refractivity contribution is -0.136. The fourth-order valence-corrected chi connectivity index (χ4v) is 3.78. The van der Waals surface area contributed by atoms with Crippen molar-refractivity contribution in [1.29, 1.82) is 0 Å². The van der Waals surface area contributed by atoms with E-state index in [-0.39, 0.29) is 6.42 Å². The largest absolute Gasteiger partial charge is 0.481 e. The third-order valence-corrected chi connectivity index (χ3v) is 5.51. The van der Waals surface area contributed by atoms with Gasteiger partial charge in [0.2, 0.25) is 0 Å². The van der Waals surface area contributed by atoms with Crippen LogP contribution in [0.5, 0.6) is 0 Å². The summed E-state index contributed by atoms with van der Waals surface area (Å²) in [5.74, 6) is -0.856. The van der Waals surface area contributed by atoms with Crippen LogP contribution < -0.4 is 0 Å². The summed E-state index contributed by atoms with van der Waals surface area (Å²) < 4.78 is 2.00. The zero-order chi connectivity index (χ0) is 17.8. The normalized spacial score (nSPS) is 11.1. The molecule has 25 heavy (non-hydrogen) atoms. The Morgan fingerprint density at radius 3 is 2.20 bits per heavy atom.